The van der Waals surface area contributed by atoms with Crippen molar-refractivity contribution < 1.29 is 4.74 Å². The highest BCUT2D eigenvalue weighted by molar-refractivity contribution is 5.16. The first-order valence-corrected chi connectivity index (χ1v) is 5.07. The van der Waals surface area contributed by atoms with Gasteiger partial charge in [0, 0.05) is 25.8 Å². The van der Waals surface area contributed by atoms with E-state index in [9.17, 15) is 0 Å². The minimum atomic E-state index is 0.528. The molecule has 4 heteroatoms. The lowest BCUT2D eigenvalue weighted by Crippen LogP contribution is -2.06. The van der Waals surface area contributed by atoms with Crippen LogP contribution in [-0.4, -0.2) is 16.4 Å². The van der Waals surface area contributed by atoms with Gasteiger partial charge in [0.05, 0.1) is 18.5 Å². The van der Waals surface area contributed by atoms with Crippen LogP contribution in [0.2, 0.25) is 0 Å². The first-order valence-electron chi connectivity index (χ1n) is 5.07. The zero-order chi connectivity index (χ0) is 10.4. The molecule has 0 saturated carbocycles. The maximum atomic E-state index is 5.59. The molecule has 1 rings (SSSR count). The van der Waals surface area contributed by atoms with E-state index in [1.54, 1.807) is 6.20 Å². The lowest BCUT2D eigenvalue weighted by atomic mass is 10.2. The number of hydrogen-bond acceptors (Lipinski definition) is 3. The molecule has 1 aromatic heterocycles. The van der Waals surface area contributed by atoms with E-state index in [0.29, 0.717) is 13.2 Å². The number of ether oxygens (including phenoxy) is 1. The van der Waals surface area contributed by atoms with Gasteiger partial charge in [-0.1, -0.05) is 13.3 Å². The van der Waals surface area contributed by atoms with Crippen molar-refractivity contribution in [3.05, 3.63) is 17.5 Å². The highest BCUT2D eigenvalue weighted by Crippen LogP contribution is 2.08. The van der Waals surface area contributed by atoms with Crippen LogP contribution in [0.3, 0.4) is 0 Å². The number of nitrogens with two attached hydrogens (primary N) is 1. The number of aromatic nitrogens is 2. The van der Waals surface area contributed by atoms with E-state index in [4.69, 9.17) is 10.5 Å². The first kappa shape index (κ1) is 11.2. The highest BCUT2D eigenvalue weighted by atomic mass is 16.5. The second-order valence-electron chi connectivity index (χ2n) is 3.35. The molecule has 0 unspecified atom stereocenters. The first-order chi connectivity index (χ1) is 6.79. The van der Waals surface area contributed by atoms with E-state index in [1.807, 2.05) is 11.7 Å². The monoisotopic (exact) mass is 197 g/mol. The Morgan fingerprint density at radius 2 is 2.36 bits per heavy atom. The normalized spacial score (nSPS) is 10.8. The van der Waals surface area contributed by atoms with E-state index in [1.165, 1.54) is 0 Å². The summed E-state index contributed by atoms with van der Waals surface area (Å²) in [6.07, 6.45) is 4.07. The van der Waals surface area contributed by atoms with E-state index >= 15 is 0 Å². The van der Waals surface area contributed by atoms with Crippen molar-refractivity contribution >= 4 is 0 Å². The molecule has 80 valence electrons. The van der Waals surface area contributed by atoms with Crippen LogP contribution in [0.1, 0.15) is 31.0 Å². The number of hydrogen-bond donors (Lipinski definition) is 1. The van der Waals surface area contributed by atoms with Crippen molar-refractivity contribution in [1.82, 2.24) is 9.78 Å². The largest absolute Gasteiger partial charge is 0.375 e. The Balaban J connectivity index is 2.44. The van der Waals surface area contributed by atoms with Crippen LogP contribution in [0.5, 0.6) is 0 Å². The molecule has 2 N–H and O–H groups in total. The van der Waals surface area contributed by atoms with Crippen molar-refractivity contribution in [3.63, 3.8) is 0 Å². The van der Waals surface area contributed by atoms with Gasteiger partial charge in [-0.05, 0) is 6.42 Å². The van der Waals surface area contributed by atoms with Crippen LogP contribution in [0.25, 0.3) is 0 Å². The minimum Gasteiger partial charge on any atom is -0.375 e. The summed E-state index contributed by atoms with van der Waals surface area (Å²) in [5, 5.41) is 4.14. The molecule has 0 fully saturated rings. The summed E-state index contributed by atoms with van der Waals surface area (Å²) in [6, 6.07) is 0. The van der Waals surface area contributed by atoms with Crippen molar-refractivity contribution in [1.29, 1.82) is 0 Å². The highest BCUT2D eigenvalue weighted by Gasteiger charge is 2.06. The Morgan fingerprint density at radius 1 is 1.57 bits per heavy atom. The predicted molar refractivity (Wildman–Crippen MR) is 55.7 cm³/mol. The van der Waals surface area contributed by atoms with Gasteiger partial charge in [0.15, 0.2) is 0 Å². The third-order valence-corrected chi connectivity index (χ3v) is 2.25. The molecule has 0 aliphatic carbocycles. The Kier molecular flexibility index (Phi) is 4.62. The summed E-state index contributed by atoms with van der Waals surface area (Å²) >= 11 is 0. The molecule has 14 heavy (non-hydrogen) atoms. The topological polar surface area (TPSA) is 53.1 Å². The fourth-order valence-electron chi connectivity index (χ4n) is 1.28. The lowest BCUT2D eigenvalue weighted by molar-refractivity contribution is 0.112. The maximum Gasteiger partial charge on any atom is 0.0887 e. The molecule has 1 heterocycles. The second-order valence-corrected chi connectivity index (χ2v) is 3.35. The van der Waals surface area contributed by atoms with Gasteiger partial charge in [-0.25, -0.2) is 0 Å². The molecule has 0 aliphatic rings. The standard InChI is InChI=1S/C10H19N3O/c1-3-4-5-14-8-10-9(6-11)7-12-13(10)2/h7H,3-6,8,11H2,1-2H3. The van der Waals surface area contributed by atoms with Gasteiger partial charge in [-0.15, -0.1) is 0 Å². The molecule has 0 aliphatic heterocycles. The molecule has 0 bridgehead atoms. The lowest BCUT2D eigenvalue weighted by Gasteiger charge is -2.05. The van der Waals surface area contributed by atoms with E-state index < -0.39 is 0 Å². The zero-order valence-corrected chi connectivity index (χ0v) is 8.99. The van der Waals surface area contributed by atoms with E-state index in [-0.39, 0.29) is 0 Å². The molecule has 1 aromatic rings. The Hall–Kier alpha value is -0.870. The predicted octanol–water partition coefficient (Wildman–Crippen LogP) is 1.20. The van der Waals surface area contributed by atoms with Crippen molar-refractivity contribution in [2.24, 2.45) is 12.8 Å². The third kappa shape index (κ3) is 2.82. The smallest absolute Gasteiger partial charge is 0.0887 e. The maximum absolute atomic E-state index is 5.59. The van der Waals surface area contributed by atoms with E-state index in [0.717, 1.165) is 30.7 Å². The van der Waals surface area contributed by atoms with Gasteiger partial charge >= 0.3 is 0 Å². The van der Waals surface area contributed by atoms with Crippen LogP contribution in [-0.2, 0) is 24.9 Å². The fourth-order valence-corrected chi connectivity index (χ4v) is 1.28. The van der Waals surface area contributed by atoms with Crippen LogP contribution in [0.15, 0.2) is 6.20 Å². The minimum absolute atomic E-state index is 0.528. The second kappa shape index (κ2) is 5.78. The van der Waals surface area contributed by atoms with E-state index in [2.05, 4.69) is 12.0 Å². The summed E-state index contributed by atoms with van der Waals surface area (Å²) < 4.78 is 7.35. The molecule has 0 amide bonds. The van der Waals surface area contributed by atoms with Crippen molar-refractivity contribution in [2.75, 3.05) is 6.61 Å². The molecular formula is C10H19N3O. The Morgan fingerprint density at radius 3 is 3.00 bits per heavy atom. The number of rotatable bonds is 6. The van der Waals surface area contributed by atoms with Crippen molar-refractivity contribution in [3.8, 4) is 0 Å². The zero-order valence-electron chi connectivity index (χ0n) is 8.99. The molecule has 0 saturated heterocycles. The van der Waals surface area contributed by atoms with Gasteiger partial charge < -0.3 is 10.5 Å². The van der Waals surface area contributed by atoms with Crippen LogP contribution in [0.4, 0.5) is 0 Å². The summed E-state index contributed by atoms with van der Waals surface area (Å²) in [5.41, 5.74) is 7.75. The van der Waals surface area contributed by atoms with Crippen molar-refractivity contribution in [2.45, 2.75) is 32.9 Å². The average Bonchev–Trinajstić information content (AvgIpc) is 2.55. The van der Waals surface area contributed by atoms with Crippen LogP contribution >= 0.6 is 0 Å². The molecule has 4 nitrogen and oxygen atoms in total. The summed E-state index contributed by atoms with van der Waals surface area (Å²) in [6.45, 7) is 4.10. The third-order valence-electron chi connectivity index (χ3n) is 2.25. The number of unbranched alkanes of at least 4 members (excludes halogenated alkanes) is 1. The van der Waals surface area contributed by atoms with Gasteiger partial charge in [0.25, 0.3) is 0 Å². The van der Waals surface area contributed by atoms with Gasteiger partial charge in [-0.2, -0.15) is 5.10 Å². The van der Waals surface area contributed by atoms with Crippen LogP contribution < -0.4 is 5.73 Å². The molecule has 0 radical (unpaired) electrons. The molecule has 0 aromatic carbocycles. The molecule has 0 spiro atoms. The van der Waals surface area contributed by atoms with Gasteiger partial charge in [0.1, 0.15) is 0 Å². The van der Waals surface area contributed by atoms with Gasteiger partial charge in [0.2, 0.25) is 0 Å². The quantitative estimate of drug-likeness (QED) is 0.697. The fraction of sp³-hybridized carbons (Fsp3) is 0.700. The Labute approximate surface area is 85.0 Å². The summed E-state index contributed by atoms with van der Waals surface area (Å²) in [5.74, 6) is 0. The Bertz CT molecular complexity index is 270. The number of aryl methyl sites for hydroxylation is 1. The summed E-state index contributed by atoms with van der Waals surface area (Å²) in [4.78, 5) is 0. The molecular weight excluding hydrogens is 178 g/mol. The summed E-state index contributed by atoms with van der Waals surface area (Å²) in [7, 11) is 1.91. The van der Waals surface area contributed by atoms with Crippen LogP contribution in [0, 0.1) is 0 Å². The van der Waals surface area contributed by atoms with Gasteiger partial charge in [-0.3, -0.25) is 4.68 Å². The number of nitrogens with zero attached hydrogens (tertiary/aromatic N) is 2. The SMILES string of the molecule is CCCCOCc1c(CN)cnn1C. The molecule has 0 atom stereocenters. The average molecular weight is 197 g/mol.